The van der Waals surface area contributed by atoms with Crippen molar-refractivity contribution in [1.29, 1.82) is 0 Å². The predicted octanol–water partition coefficient (Wildman–Crippen LogP) is 2.62. The highest BCUT2D eigenvalue weighted by Crippen LogP contribution is 2.23. The summed E-state index contributed by atoms with van der Waals surface area (Å²) in [5, 5.41) is 0. The number of aryl methyl sites for hydroxylation is 2. The molecule has 2 heterocycles. The number of rotatable bonds is 3. The minimum absolute atomic E-state index is 0.121. The third kappa shape index (κ3) is 2.87. The molecule has 1 amide bonds. The van der Waals surface area contributed by atoms with Crippen LogP contribution in [-0.4, -0.2) is 37.1 Å². The molecule has 1 fully saturated rings. The Morgan fingerprint density at radius 1 is 1.59 bits per heavy atom. The molecule has 3 nitrogen and oxygen atoms in total. The van der Waals surface area contributed by atoms with Crippen LogP contribution >= 0.6 is 11.3 Å². The SMILES string of the molecule is Cc1cc(C)c(C(=O)N(C)CC2CCCO2)s1. The van der Waals surface area contributed by atoms with E-state index in [0.29, 0.717) is 6.54 Å². The van der Waals surface area contributed by atoms with E-state index in [1.54, 1.807) is 16.2 Å². The van der Waals surface area contributed by atoms with E-state index in [0.717, 1.165) is 29.9 Å². The lowest BCUT2D eigenvalue weighted by atomic mass is 10.2. The van der Waals surface area contributed by atoms with E-state index >= 15 is 0 Å². The molecule has 1 aromatic rings. The fraction of sp³-hybridized carbons (Fsp3) is 0.615. The number of hydrogen-bond acceptors (Lipinski definition) is 3. The molecule has 1 unspecified atom stereocenters. The van der Waals surface area contributed by atoms with E-state index < -0.39 is 0 Å². The van der Waals surface area contributed by atoms with Gasteiger partial charge in [0.1, 0.15) is 0 Å². The van der Waals surface area contributed by atoms with Crippen molar-refractivity contribution in [2.24, 2.45) is 0 Å². The van der Waals surface area contributed by atoms with Crippen molar-refractivity contribution in [2.45, 2.75) is 32.8 Å². The molecule has 1 aliphatic heterocycles. The minimum Gasteiger partial charge on any atom is -0.376 e. The van der Waals surface area contributed by atoms with Crippen LogP contribution in [0.1, 0.15) is 33.0 Å². The molecule has 17 heavy (non-hydrogen) atoms. The van der Waals surface area contributed by atoms with Gasteiger partial charge in [-0.15, -0.1) is 11.3 Å². The van der Waals surface area contributed by atoms with Crippen molar-refractivity contribution >= 4 is 17.2 Å². The zero-order chi connectivity index (χ0) is 12.4. The first-order chi connectivity index (χ1) is 8.08. The van der Waals surface area contributed by atoms with E-state index in [1.165, 1.54) is 4.88 Å². The average Bonchev–Trinajstić information content (AvgIpc) is 2.87. The van der Waals surface area contributed by atoms with E-state index in [9.17, 15) is 4.79 Å². The van der Waals surface area contributed by atoms with Crippen LogP contribution in [0.5, 0.6) is 0 Å². The number of carbonyl (C=O) groups excluding carboxylic acids is 1. The number of amides is 1. The van der Waals surface area contributed by atoms with Crippen molar-refractivity contribution < 1.29 is 9.53 Å². The monoisotopic (exact) mass is 253 g/mol. The summed E-state index contributed by atoms with van der Waals surface area (Å²) in [5.41, 5.74) is 1.08. The molecular weight excluding hydrogens is 234 g/mol. The van der Waals surface area contributed by atoms with Gasteiger partial charge in [-0.05, 0) is 38.3 Å². The van der Waals surface area contributed by atoms with E-state index in [1.807, 2.05) is 20.9 Å². The molecule has 1 saturated heterocycles. The van der Waals surface area contributed by atoms with Gasteiger partial charge in [0.05, 0.1) is 11.0 Å². The van der Waals surface area contributed by atoms with Crippen LogP contribution in [-0.2, 0) is 4.74 Å². The minimum atomic E-state index is 0.121. The van der Waals surface area contributed by atoms with Gasteiger partial charge in [-0.2, -0.15) is 0 Å². The molecule has 0 spiro atoms. The van der Waals surface area contributed by atoms with E-state index in [-0.39, 0.29) is 12.0 Å². The maximum absolute atomic E-state index is 12.2. The first-order valence-corrected chi connectivity index (χ1v) is 6.83. The van der Waals surface area contributed by atoms with Crippen molar-refractivity contribution in [3.63, 3.8) is 0 Å². The molecule has 0 saturated carbocycles. The first kappa shape index (κ1) is 12.6. The Bertz CT molecular complexity index is 408. The third-order valence-corrected chi connectivity index (χ3v) is 4.22. The number of ether oxygens (including phenoxy) is 1. The van der Waals surface area contributed by atoms with Gasteiger partial charge >= 0.3 is 0 Å². The second-order valence-electron chi connectivity index (χ2n) is 4.69. The summed E-state index contributed by atoms with van der Waals surface area (Å²) in [6.07, 6.45) is 2.41. The summed E-state index contributed by atoms with van der Waals surface area (Å²) in [7, 11) is 1.86. The van der Waals surface area contributed by atoms with Gasteiger partial charge in [-0.25, -0.2) is 0 Å². The number of nitrogens with zero attached hydrogens (tertiary/aromatic N) is 1. The Kier molecular flexibility index (Phi) is 3.84. The second kappa shape index (κ2) is 5.19. The maximum Gasteiger partial charge on any atom is 0.264 e. The molecule has 1 aromatic heterocycles. The summed E-state index contributed by atoms with van der Waals surface area (Å²) < 4.78 is 5.55. The lowest BCUT2D eigenvalue weighted by molar-refractivity contribution is 0.0590. The first-order valence-electron chi connectivity index (χ1n) is 6.02. The number of carbonyl (C=O) groups is 1. The third-order valence-electron chi connectivity index (χ3n) is 3.08. The second-order valence-corrected chi connectivity index (χ2v) is 5.95. The van der Waals surface area contributed by atoms with Crippen LogP contribution in [0.4, 0.5) is 0 Å². The van der Waals surface area contributed by atoms with Crippen LogP contribution < -0.4 is 0 Å². The van der Waals surface area contributed by atoms with Crippen molar-refractivity contribution in [3.05, 3.63) is 21.4 Å². The molecule has 4 heteroatoms. The average molecular weight is 253 g/mol. The standard InChI is InChI=1S/C13H19NO2S/c1-9-7-10(2)17-12(9)13(15)14(3)8-11-5-4-6-16-11/h7,11H,4-6,8H2,1-3H3. The molecule has 0 aliphatic carbocycles. The van der Waals surface area contributed by atoms with Crippen LogP contribution in [0.25, 0.3) is 0 Å². The van der Waals surface area contributed by atoms with Crippen LogP contribution in [0.2, 0.25) is 0 Å². The van der Waals surface area contributed by atoms with Crippen LogP contribution in [0, 0.1) is 13.8 Å². The summed E-state index contributed by atoms with van der Waals surface area (Å²) in [5.74, 6) is 0.121. The number of hydrogen-bond donors (Lipinski definition) is 0. The van der Waals surface area contributed by atoms with Gasteiger partial charge in [-0.1, -0.05) is 0 Å². The van der Waals surface area contributed by atoms with Crippen LogP contribution in [0.15, 0.2) is 6.07 Å². The Morgan fingerprint density at radius 2 is 2.35 bits per heavy atom. The molecule has 1 atom stereocenters. The van der Waals surface area contributed by atoms with E-state index in [2.05, 4.69) is 6.07 Å². The summed E-state index contributed by atoms with van der Waals surface area (Å²) in [4.78, 5) is 16.1. The van der Waals surface area contributed by atoms with Gasteiger partial charge in [-0.3, -0.25) is 4.79 Å². The predicted molar refractivity (Wildman–Crippen MR) is 69.7 cm³/mol. The molecule has 1 aliphatic rings. The Hall–Kier alpha value is -0.870. The van der Waals surface area contributed by atoms with Gasteiger partial charge in [0.15, 0.2) is 0 Å². The highest BCUT2D eigenvalue weighted by molar-refractivity contribution is 7.14. The summed E-state index contributed by atoms with van der Waals surface area (Å²) >= 11 is 1.58. The molecular formula is C13H19NO2S. The zero-order valence-corrected chi connectivity index (χ0v) is 11.5. The lowest BCUT2D eigenvalue weighted by Crippen LogP contribution is -2.33. The Morgan fingerprint density at radius 3 is 2.88 bits per heavy atom. The van der Waals surface area contributed by atoms with Crippen molar-refractivity contribution in [3.8, 4) is 0 Å². The molecule has 94 valence electrons. The maximum atomic E-state index is 12.2. The molecule has 0 aromatic carbocycles. The van der Waals surface area contributed by atoms with Gasteiger partial charge in [0.25, 0.3) is 5.91 Å². The molecule has 2 rings (SSSR count). The fourth-order valence-electron chi connectivity index (χ4n) is 2.20. The van der Waals surface area contributed by atoms with Crippen LogP contribution in [0.3, 0.4) is 0 Å². The largest absolute Gasteiger partial charge is 0.376 e. The fourth-order valence-corrected chi connectivity index (χ4v) is 3.22. The summed E-state index contributed by atoms with van der Waals surface area (Å²) in [6, 6.07) is 2.07. The highest BCUT2D eigenvalue weighted by Gasteiger charge is 2.22. The molecule has 0 N–H and O–H groups in total. The Labute approximate surface area is 106 Å². The quantitative estimate of drug-likeness (QED) is 0.828. The smallest absolute Gasteiger partial charge is 0.264 e. The van der Waals surface area contributed by atoms with Gasteiger partial charge in [0.2, 0.25) is 0 Å². The summed E-state index contributed by atoms with van der Waals surface area (Å²) in [6.45, 7) is 5.57. The van der Waals surface area contributed by atoms with Gasteiger partial charge in [0, 0.05) is 25.1 Å². The number of thiophene rings is 1. The molecule has 0 radical (unpaired) electrons. The normalized spacial score (nSPS) is 19.6. The zero-order valence-electron chi connectivity index (χ0n) is 10.7. The molecule has 0 bridgehead atoms. The van der Waals surface area contributed by atoms with Crippen molar-refractivity contribution in [2.75, 3.05) is 20.2 Å². The highest BCUT2D eigenvalue weighted by atomic mass is 32.1. The van der Waals surface area contributed by atoms with E-state index in [4.69, 9.17) is 4.74 Å². The topological polar surface area (TPSA) is 29.5 Å². The lowest BCUT2D eigenvalue weighted by Gasteiger charge is -2.20. The van der Waals surface area contributed by atoms with Crippen molar-refractivity contribution in [1.82, 2.24) is 4.90 Å². The van der Waals surface area contributed by atoms with Gasteiger partial charge < -0.3 is 9.64 Å². The Balaban J connectivity index is 2.01. The number of likely N-dealkylation sites (N-methyl/N-ethyl adjacent to an activating group) is 1.